The maximum absolute atomic E-state index is 13.5. The molecule has 1 atom stereocenters. The van der Waals surface area contributed by atoms with Crippen LogP contribution >= 0.6 is 0 Å². The third-order valence-electron chi connectivity index (χ3n) is 4.18. The van der Waals surface area contributed by atoms with Crippen LogP contribution in [0.4, 0.5) is 4.39 Å². The van der Waals surface area contributed by atoms with Gasteiger partial charge in [-0.25, -0.2) is 4.39 Å². The second kappa shape index (κ2) is 5.84. The number of likely N-dealkylation sites (tertiary alicyclic amines) is 1. The Hall–Kier alpha value is -0.905. The zero-order valence-electron chi connectivity index (χ0n) is 12.4. The maximum atomic E-state index is 13.5. The number of benzene rings is 1. The third kappa shape index (κ3) is 3.81. The lowest BCUT2D eigenvalue weighted by Crippen LogP contribution is -2.31. The van der Waals surface area contributed by atoms with Gasteiger partial charge in [0.1, 0.15) is 5.82 Å². The molecule has 0 bridgehead atoms. The molecule has 1 aliphatic heterocycles. The summed E-state index contributed by atoms with van der Waals surface area (Å²) in [6, 6.07) is 4.30. The molecular formula is C15H23BFNO2. The summed E-state index contributed by atoms with van der Waals surface area (Å²) < 4.78 is 13.5. The van der Waals surface area contributed by atoms with Gasteiger partial charge in [-0.15, -0.1) is 0 Å². The summed E-state index contributed by atoms with van der Waals surface area (Å²) in [6.45, 7) is 9.44. The Balaban J connectivity index is 2.04. The van der Waals surface area contributed by atoms with Gasteiger partial charge < -0.3 is 10.0 Å². The number of rotatable bonds is 3. The van der Waals surface area contributed by atoms with Gasteiger partial charge >= 0.3 is 7.12 Å². The van der Waals surface area contributed by atoms with Gasteiger partial charge in [0.2, 0.25) is 0 Å². The van der Waals surface area contributed by atoms with E-state index in [4.69, 9.17) is 10.0 Å². The first-order valence-electron chi connectivity index (χ1n) is 7.13. The predicted molar refractivity (Wildman–Crippen MR) is 79.1 cm³/mol. The van der Waals surface area contributed by atoms with Crippen LogP contribution in [0.2, 0.25) is 0 Å². The zero-order valence-corrected chi connectivity index (χ0v) is 12.4. The molecule has 1 heterocycles. The van der Waals surface area contributed by atoms with E-state index in [1.54, 1.807) is 6.07 Å². The van der Waals surface area contributed by atoms with Crippen LogP contribution in [0.1, 0.15) is 32.8 Å². The summed E-state index contributed by atoms with van der Waals surface area (Å²) in [5.74, 6) is 0.233. The topological polar surface area (TPSA) is 43.7 Å². The van der Waals surface area contributed by atoms with Crippen molar-refractivity contribution in [3.05, 3.63) is 29.6 Å². The largest absolute Gasteiger partial charge is 0.488 e. The van der Waals surface area contributed by atoms with Crippen LogP contribution in [-0.4, -0.2) is 35.2 Å². The number of halogens is 1. The molecule has 1 unspecified atom stereocenters. The molecule has 2 N–H and O–H groups in total. The molecule has 1 saturated heterocycles. The summed E-state index contributed by atoms with van der Waals surface area (Å²) in [7, 11) is -1.62. The molecule has 0 amide bonds. The lowest BCUT2D eigenvalue weighted by Gasteiger charge is -2.27. The van der Waals surface area contributed by atoms with Gasteiger partial charge in [0, 0.05) is 13.1 Å². The van der Waals surface area contributed by atoms with Gasteiger partial charge in [-0.05, 0) is 47.5 Å². The Bertz CT molecular complexity index is 473. The van der Waals surface area contributed by atoms with Gasteiger partial charge in [0.05, 0.1) is 0 Å². The minimum atomic E-state index is -1.62. The predicted octanol–water partition coefficient (Wildman–Crippen LogP) is 1.37. The van der Waals surface area contributed by atoms with Crippen LogP contribution in [0.3, 0.4) is 0 Å². The molecule has 1 aromatic rings. The van der Waals surface area contributed by atoms with E-state index in [1.165, 1.54) is 6.07 Å². The van der Waals surface area contributed by atoms with Gasteiger partial charge in [-0.2, -0.15) is 0 Å². The average Bonchev–Trinajstić information content (AvgIpc) is 2.76. The van der Waals surface area contributed by atoms with E-state index in [1.807, 2.05) is 0 Å². The Morgan fingerprint density at radius 1 is 1.30 bits per heavy atom. The third-order valence-corrected chi connectivity index (χ3v) is 4.18. The molecule has 110 valence electrons. The standard InChI is InChI=1S/C15H23BFNO2/c1-15(2,3)12-4-5-18(10-12)9-11-6-13(16(19)20)8-14(17)7-11/h6-8,12,19-20H,4-5,9-10H2,1-3H3. The summed E-state index contributed by atoms with van der Waals surface area (Å²) in [5.41, 5.74) is 1.30. The molecule has 3 nitrogen and oxygen atoms in total. The summed E-state index contributed by atoms with van der Waals surface area (Å²) >= 11 is 0. The SMILES string of the molecule is CC(C)(C)C1CCN(Cc2cc(F)cc(B(O)O)c2)C1. The van der Waals surface area contributed by atoms with Gasteiger partial charge in [0.25, 0.3) is 0 Å². The average molecular weight is 279 g/mol. The summed E-state index contributed by atoms with van der Waals surface area (Å²) in [6.07, 6.45) is 1.16. The Morgan fingerprint density at radius 2 is 2.00 bits per heavy atom. The van der Waals surface area contributed by atoms with E-state index < -0.39 is 12.9 Å². The molecule has 1 aliphatic rings. The molecule has 20 heavy (non-hydrogen) atoms. The molecule has 2 rings (SSSR count). The van der Waals surface area contributed by atoms with Crippen molar-refractivity contribution in [3.63, 3.8) is 0 Å². The fourth-order valence-corrected chi connectivity index (χ4v) is 2.86. The highest BCUT2D eigenvalue weighted by Gasteiger charge is 2.31. The van der Waals surface area contributed by atoms with Crippen LogP contribution in [0.25, 0.3) is 0 Å². The lowest BCUT2D eigenvalue weighted by atomic mass is 9.79. The van der Waals surface area contributed by atoms with Crippen LogP contribution in [0.5, 0.6) is 0 Å². The first kappa shape index (κ1) is 15.5. The van der Waals surface area contributed by atoms with Gasteiger partial charge in [-0.3, -0.25) is 4.90 Å². The normalized spacial score (nSPS) is 20.4. The minimum absolute atomic E-state index is 0.214. The molecule has 0 saturated carbocycles. The molecule has 0 radical (unpaired) electrons. The molecule has 1 aromatic carbocycles. The van der Waals surface area contributed by atoms with Crippen molar-refractivity contribution < 1.29 is 14.4 Å². The molecule has 0 aliphatic carbocycles. The molecular weight excluding hydrogens is 256 g/mol. The lowest BCUT2D eigenvalue weighted by molar-refractivity contribution is 0.226. The van der Waals surface area contributed by atoms with Crippen molar-refractivity contribution in [3.8, 4) is 0 Å². The van der Waals surface area contributed by atoms with Crippen LogP contribution in [-0.2, 0) is 6.54 Å². The van der Waals surface area contributed by atoms with Gasteiger partial charge in [0.15, 0.2) is 0 Å². The van der Waals surface area contributed by atoms with Gasteiger partial charge in [-0.1, -0.05) is 26.8 Å². The van der Waals surface area contributed by atoms with Crippen molar-refractivity contribution in [2.24, 2.45) is 11.3 Å². The fraction of sp³-hybridized carbons (Fsp3) is 0.600. The summed E-state index contributed by atoms with van der Waals surface area (Å²) in [4.78, 5) is 2.30. The summed E-state index contributed by atoms with van der Waals surface area (Å²) in [5, 5.41) is 18.3. The van der Waals surface area contributed by atoms with E-state index in [9.17, 15) is 4.39 Å². The molecule has 5 heteroatoms. The maximum Gasteiger partial charge on any atom is 0.488 e. The second-order valence-electron chi connectivity index (χ2n) is 6.85. The molecule has 0 spiro atoms. The van der Waals surface area contributed by atoms with Crippen molar-refractivity contribution in [2.45, 2.75) is 33.7 Å². The van der Waals surface area contributed by atoms with Crippen LogP contribution in [0.15, 0.2) is 18.2 Å². The van der Waals surface area contributed by atoms with Crippen molar-refractivity contribution >= 4 is 12.6 Å². The first-order chi connectivity index (χ1) is 9.25. The monoisotopic (exact) mass is 279 g/mol. The van der Waals surface area contributed by atoms with E-state index >= 15 is 0 Å². The Kier molecular flexibility index (Phi) is 4.52. The highest BCUT2D eigenvalue weighted by molar-refractivity contribution is 6.58. The number of hydrogen-bond acceptors (Lipinski definition) is 3. The number of hydrogen-bond donors (Lipinski definition) is 2. The molecule has 1 fully saturated rings. The zero-order chi connectivity index (χ0) is 14.9. The highest BCUT2D eigenvalue weighted by atomic mass is 19.1. The quantitative estimate of drug-likeness (QED) is 0.821. The van der Waals surface area contributed by atoms with Crippen molar-refractivity contribution in [1.29, 1.82) is 0 Å². The van der Waals surface area contributed by atoms with Crippen LogP contribution < -0.4 is 5.46 Å². The first-order valence-corrected chi connectivity index (χ1v) is 7.13. The van der Waals surface area contributed by atoms with Crippen molar-refractivity contribution in [2.75, 3.05) is 13.1 Å². The number of nitrogens with zero attached hydrogens (tertiary/aromatic N) is 1. The van der Waals surface area contributed by atoms with Crippen LogP contribution in [0, 0.1) is 17.2 Å². The smallest absolute Gasteiger partial charge is 0.423 e. The molecule has 0 aromatic heterocycles. The Morgan fingerprint density at radius 3 is 2.55 bits per heavy atom. The van der Waals surface area contributed by atoms with E-state index in [0.29, 0.717) is 17.9 Å². The van der Waals surface area contributed by atoms with E-state index in [2.05, 4.69) is 25.7 Å². The second-order valence-corrected chi connectivity index (χ2v) is 6.85. The minimum Gasteiger partial charge on any atom is -0.423 e. The van der Waals surface area contributed by atoms with E-state index in [-0.39, 0.29) is 5.46 Å². The fourth-order valence-electron chi connectivity index (χ4n) is 2.86. The van der Waals surface area contributed by atoms with Crippen molar-refractivity contribution in [1.82, 2.24) is 4.90 Å². The Labute approximate surface area is 120 Å². The van der Waals surface area contributed by atoms with E-state index in [0.717, 1.165) is 31.1 Å². The highest BCUT2D eigenvalue weighted by Crippen LogP contribution is 2.34.